The molecule has 1 saturated heterocycles. The first-order chi connectivity index (χ1) is 23.3. The van der Waals surface area contributed by atoms with E-state index in [1.165, 1.54) is 0 Å². The number of piperidine rings is 1. The van der Waals surface area contributed by atoms with Crippen LogP contribution in [-0.2, 0) is 28.5 Å². The van der Waals surface area contributed by atoms with Crippen LogP contribution < -0.4 is 11.1 Å². The number of carbonyl (C=O) groups is 3. The number of nitrogens with two attached hydrogens (primary N) is 1. The van der Waals surface area contributed by atoms with E-state index >= 15 is 0 Å². The molecular weight excluding hydrogens is 634 g/mol. The van der Waals surface area contributed by atoms with Crippen molar-refractivity contribution in [3.05, 3.63) is 29.8 Å². The minimum absolute atomic E-state index is 0.0112. The number of nitrogens with zero attached hydrogens (tertiary/aromatic N) is 1. The third kappa shape index (κ3) is 4.39. The van der Waals surface area contributed by atoms with Crippen molar-refractivity contribution in [3.8, 4) is 0 Å². The molecule has 5 saturated carbocycles. The van der Waals surface area contributed by atoms with Crippen molar-refractivity contribution in [3.63, 3.8) is 0 Å². The zero-order valence-corrected chi connectivity index (χ0v) is 29.0. The lowest BCUT2D eigenvalue weighted by Crippen LogP contribution is -2.82. The number of aliphatic hydroxyl groups is 3. The van der Waals surface area contributed by atoms with Crippen LogP contribution in [0.2, 0.25) is 0 Å². The highest BCUT2D eigenvalue weighted by atomic mass is 16.5. The zero-order chi connectivity index (χ0) is 35.3. The summed E-state index contributed by atoms with van der Waals surface area (Å²) in [7, 11) is 4.86. The number of nitrogens with one attached hydrogen (secondary N) is 1. The summed E-state index contributed by atoms with van der Waals surface area (Å²) >= 11 is 0. The first-order valence-electron chi connectivity index (χ1n) is 17.6. The SMILES string of the molecule is CCN1CC2(COC(=O)c3ccccc3NC(=O)C[C@@H](C)C(N)=O)CC[C@H](OC)[C@@]34[C@@H]5C[C@H]6[C@H](O)[C@@H]5[C@](O)(C[C@@H]6OC)[C@@](O)([C@H]13)[C@@H](OC)[C@H]24. The van der Waals surface area contributed by atoms with Crippen molar-refractivity contribution in [2.45, 2.75) is 87.6 Å². The predicted octanol–water partition coefficient (Wildman–Crippen LogP) is 0.932. The molecular formula is C36H51N3O10. The summed E-state index contributed by atoms with van der Waals surface area (Å²) < 4.78 is 24.8. The summed E-state index contributed by atoms with van der Waals surface area (Å²) in [6.45, 7) is 4.68. The van der Waals surface area contributed by atoms with Crippen LogP contribution in [0.1, 0.15) is 56.3 Å². The molecule has 1 unspecified atom stereocenters. The molecule has 1 spiro atoms. The number of esters is 1. The molecule has 13 nitrogen and oxygen atoms in total. The number of hydrogen-bond acceptors (Lipinski definition) is 11. The van der Waals surface area contributed by atoms with Gasteiger partial charge in [0.1, 0.15) is 11.2 Å². The molecule has 6 N–H and O–H groups in total. The lowest BCUT2D eigenvalue weighted by molar-refractivity contribution is -0.318. The lowest BCUT2D eigenvalue weighted by atomic mass is 9.42. The van der Waals surface area contributed by atoms with Gasteiger partial charge in [-0.15, -0.1) is 0 Å². The van der Waals surface area contributed by atoms with Gasteiger partial charge in [-0.2, -0.15) is 0 Å². The Bertz CT molecular complexity index is 1510. The standard InChI is InChI=1S/C36H51N3O10/c1-6-39-16-33(17-49-31(43)19-9-7-8-10-22(19)38-25(40)13-18(2)30(37)42)12-11-24(47-4)35-21-14-20-23(46-3)15-34(44,26(21)27(20)41)36(45,32(35)39)29(48-5)28(33)35/h7-10,18,20-21,23-24,26-29,32,41,44-45H,6,11-17H2,1-5H3,(H2,37,42)(H,38,40)/t18-,20-,21-,23+,24+,26-,27+,28-,29+,32-,33?,34-,35-,36+/m1/s1. The number of methoxy groups -OCH3 is 3. The second-order valence-electron chi connectivity index (χ2n) is 15.7. The topological polar surface area (TPSA) is 190 Å². The number of likely N-dealkylation sites (N-methyl/N-ethyl adjacent to an activating group) is 1. The molecule has 0 aromatic heterocycles. The van der Waals surface area contributed by atoms with E-state index in [2.05, 4.69) is 10.2 Å². The van der Waals surface area contributed by atoms with E-state index in [0.717, 1.165) is 0 Å². The van der Waals surface area contributed by atoms with E-state index in [0.29, 0.717) is 32.4 Å². The molecule has 270 valence electrons. The van der Waals surface area contributed by atoms with Crippen LogP contribution in [-0.4, -0.2) is 121 Å². The number of anilines is 1. The summed E-state index contributed by atoms with van der Waals surface area (Å²) in [5, 5.41) is 40.8. The molecule has 6 aliphatic rings. The second-order valence-corrected chi connectivity index (χ2v) is 15.7. The minimum Gasteiger partial charge on any atom is -0.461 e. The number of likely N-dealkylation sites (tertiary alicyclic amines) is 1. The van der Waals surface area contributed by atoms with Crippen molar-refractivity contribution in [2.24, 2.45) is 46.2 Å². The fraction of sp³-hybridized carbons (Fsp3) is 0.750. The van der Waals surface area contributed by atoms with E-state index in [9.17, 15) is 29.7 Å². The van der Waals surface area contributed by atoms with Gasteiger partial charge in [-0.3, -0.25) is 14.5 Å². The van der Waals surface area contributed by atoms with Crippen molar-refractivity contribution >= 4 is 23.5 Å². The molecule has 1 heterocycles. The molecule has 1 aromatic carbocycles. The Morgan fingerprint density at radius 1 is 1.12 bits per heavy atom. The molecule has 7 bridgehead atoms. The van der Waals surface area contributed by atoms with Gasteiger partial charge in [-0.1, -0.05) is 26.0 Å². The molecule has 49 heavy (non-hydrogen) atoms. The number of benzene rings is 1. The van der Waals surface area contributed by atoms with Gasteiger partial charge in [-0.05, 0) is 43.9 Å². The van der Waals surface area contributed by atoms with E-state index in [4.69, 9.17) is 24.7 Å². The number of carbonyl (C=O) groups excluding carboxylic acids is 3. The Labute approximate surface area is 286 Å². The monoisotopic (exact) mass is 685 g/mol. The predicted molar refractivity (Wildman–Crippen MR) is 175 cm³/mol. The van der Waals surface area contributed by atoms with Crippen LogP contribution in [0, 0.1) is 40.4 Å². The third-order valence-electron chi connectivity index (χ3n) is 14.0. The summed E-state index contributed by atoms with van der Waals surface area (Å²) in [6, 6.07) is 6.04. The highest BCUT2D eigenvalue weighted by Gasteiger charge is 2.91. The lowest BCUT2D eigenvalue weighted by Gasteiger charge is -2.70. The number of fused-ring (bicyclic) bond motifs is 2. The first-order valence-corrected chi connectivity index (χ1v) is 17.6. The Balaban J connectivity index is 1.27. The number of para-hydroxylation sites is 1. The normalized spacial score (nSPS) is 45.1. The number of aliphatic hydroxyl groups excluding tert-OH is 1. The highest BCUT2D eigenvalue weighted by Crippen LogP contribution is 2.80. The highest BCUT2D eigenvalue weighted by molar-refractivity contribution is 6.02. The van der Waals surface area contributed by atoms with Gasteiger partial charge < -0.3 is 45.3 Å². The molecule has 1 aliphatic heterocycles. The molecule has 6 fully saturated rings. The van der Waals surface area contributed by atoms with E-state index in [-0.39, 0.29) is 54.6 Å². The van der Waals surface area contributed by atoms with Crippen LogP contribution in [0.3, 0.4) is 0 Å². The van der Waals surface area contributed by atoms with E-state index < -0.39 is 76.0 Å². The number of rotatable bonds is 11. The van der Waals surface area contributed by atoms with Gasteiger partial charge in [-0.25, -0.2) is 4.79 Å². The van der Waals surface area contributed by atoms with Gasteiger partial charge >= 0.3 is 5.97 Å². The maximum atomic E-state index is 13.9. The molecule has 1 aromatic rings. The Kier molecular flexibility index (Phi) is 8.49. The number of ether oxygens (including phenoxy) is 4. The van der Waals surface area contributed by atoms with Gasteiger partial charge in [0.15, 0.2) is 0 Å². The first kappa shape index (κ1) is 34.8. The maximum Gasteiger partial charge on any atom is 0.340 e. The number of hydrogen-bond donors (Lipinski definition) is 5. The van der Waals surface area contributed by atoms with Crippen LogP contribution in [0.5, 0.6) is 0 Å². The van der Waals surface area contributed by atoms with Crippen LogP contribution in [0.4, 0.5) is 5.69 Å². The third-order valence-corrected chi connectivity index (χ3v) is 14.0. The van der Waals surface area contributed by atoms with Gasteiger partial charge in [0, 0.05) is 75.2 Å². The van der Waals surface area contributed by atoms with Gasteiger partial charge in [0.05, 0.1) is 48.3 Å². The summed E-state index contributed by atoms with van der Waals surface area (Å²) in [4.78, 5) is 40.4. The number of primary amides is 1. The molecule has 13 heteroatoms. The van der Waals surface area contributed by atoms with Crippen molar-refractivity contribution in [2.75, 3.05) is 46.3 Å². The van der Waals surface area contributed by atoms with E-state index in [1.807, 2.05) is 6.92 Å². The molecule has 2 amide bonds. The van der Waals surface area contributed by atoms with Gasteiger partial charge in [0.25, 0.3) is 0 Å². The molecule has 0 radical (unpaired) electrons. The Morgan fingerprint density at radius 2 is 1.86 bits per heavy atom. The van der Waals surface area contributed by atoms with Crippen LogP contribution in [0.25, 0.3) is 0 Å². The van der Waals surface area contributed by atoms with Crippen LogP contribution >= 0.6 is 0 Å². The Morgan fingerprint density at radius 3 is 2.51 bits per heavy atom. The fourth-order valence-corrected chi connectivity index (χ4v) is 12.3. The second kappa shape index (κ2) is 12.0. The Hall–Kier alpha value is -2.65. The van der Waals surface area contributed by atoms with Crippen molar-refractivity contribution in [1.29, 1.82) is 0 Å². The summed E-state index contributed by atoms with van der Waals surface area (Å²) in [6.07, 6.45) is -0.509. The quantitative estimate of drug-likeness (QED) is 0.209. The largest absolute Gasteiger partial charge is 0.461 e. The maximum absolute atomic E-state index is 13.9. The van der Waals surface area contributed by atoms with Crippen molar-refractivity contribution in [1.82, 2.24) is 4.90 Å². The average molecular weight is 686 g/mol. The van der Waals surface area contributed by atoms with E-state index in [1.54, 1.807) is 52.5 Å². The molecule has 14 atom stereocenters. The minimum atomic E-state index is -1.78. The van der Waals surface area contributed by atoms with Crippen LogP contribution in [0.15, 0.2) is 24.3 Å². The summed E-state index contributed by atoms with van der Waals surface area (Å²) in [5.41, 5.74) is 0.900. The fourth-order valence-electron chi connectivity index (χ4n) is 12.3. The van der Waals surface area contributed by atoms with Crippen molar-refractivity contribution < 1.29 is 48.7 Å². The average Bonchev–Trinajstić information content (AvgIpc) is 3.44. The zero-order valence-electron chi connectivity index (χ0n) is 29.0. The molecule has 7 rings (SSSR count). The summed E-state index contributed by atoms with van der Waals surface area (Å²) in [5.74, 6) is -3.71. The molecule has 5 aliphatic carbocycles. The van der Waals surface area contributed by atoms with Gasteiger partial charge in [0.2, 0.25) is 11.8 Å². The number of amides is 2. The smallest absolute Gasteiger partial charge is 0.340 e.